The average Bonchev–Trinajstić information content (AvgIpc) is 2.27. The molecule has 1 N–H and O–H groups in total. The van der Waals surface area contributed by atoms with E-state index >= 15 is 0 Å². The molecule has 1 radical (unpaired) electrons. The second-order valence-electron chi connectivity index (χ2n) is 2.80. The van der Waals surface area contributed by atoms with Crippen LogP contribution in [-0.4, -0.2) is 29.7 Å². The highest BCUT2D eigenvalue weighted by molar-refractivity contribution is 5.82. The van der Waals surface area contributed by atoms with E-state index in [2.05, 4.69) is 16.1 Å². The molecule has 6 nitrogen and oxygen atoms in total. The maximum absolute atomic E-state index is 11.4. The summed E-state index contributed by atoms with van der Waals surface area (Å²) >= 11 is 0. The van der Waals surface area contributed by atoms with Crippen LogP contribution in [-0.2, 0) is 9.53 Å². The average molecular weight is 223 g/mol. The van der Waals surface area contributed by atoms with Gasteiger partial charge in [-0.3, -0.25) is 9.59 Å². The first-order valence-corrected chi connectivity index (χ1v) is 4.67. The second kappa shape index (κ2) is 5.69. The van der Waals surface area contributed by atoms with Crippen molar-refractivity contribution in [2.45, 2.75) is 6.92 Å². The minimum atomic E-state index is -0.674. The van der Waals surface area contributed by atoms with Gasteiger partial charge in [-0.25, -0.2) is 9.36 Å². The number of nitrogens with zero attached hydrogens (tertiary/aromatic N) is 1. The van der Waals surface area contributed by atoms with Crippen LogP contribution in [0.25, 0.3) is 0 Å². The van der Waals surface area contributed by atoms with Crippen molar-refractivity contribution in [1.82, 2.24) is 9.88 Å². The summed E-state index contributed by atoms with van der Waals surface area (Å²) < 4.78 is 5.45. The molecule has 1 aromatic rings. The smallest absolute Gasteiger partial charge is 0.329 e. The third-order valence-corrected chi connectivity index (χ3v) is 1.67. The minimum Gasteiger partial charge on any atom is -0.465 e. The molecule has 0 aliphatic carbocycles. The lowest BCUT2D eigenvalue weighted by Crippen LogP contribution is -2.38. The van der Waals surface area contributed by atoms with E-state index in [1.165, 1.54) is 12.3 Å². The monoisotopic (exact) mass is 223 g/mol. The van der Waals surface area contributed by atoms with E-state index in [0.29, 0.717) is 0 Å². The van der Waals surface area contributed by atoms with Gasteiger partial charge in [-0.2, -0.15) is 0 Å². The SMILES string of the molecule is CCOC(=O)CNC(=O)n1cc[c]cc1=O. The molecule has 0 saturated heterocycles. The number of amides is 1. The Balaban J connectivity index is 2.57. The number of pyridine rings is 1. The van der Waals surface area contributed by atoms with E-state index < -0.39 is 17.6 Å². The van der Waals surface area contributed by atoms with Gasteiger partial charge in [0.2, 0.25) is 0 Å². The third-order valence-electron chi connectivity index (χ3n) is 1.67. The molecule has 1 aromatic heterocycles. The number of hydrogen-bond acceptors (Lipinski definition) is 4. The van der Waals surface area contributed by atoms with Gasteiger partial charge in [0, 0.05) is 12.3 Å². The van der Waals surface area contributed by atoms with Crippen molar-refractivity contribution in [1.29, 1.82) is 0 Å². The molecular formula is C10H11N2O4. The highest BCUT2D eigenvalue weighted by Gasteiger charge is 2.08. The lowest BCUT2D eigenvalue weighted by atomic mass is 10.5. The van der Waals surface area contributed by atoms with Crippen LogP contribution in [0.3, 0.4) is 0 Å². The molecule has 0 aliphatic rings. The summed E-state index contributed by atoms with van der Waals surface area (Å²) in [5.74, 6) is -0.550. The third kappa shape index (κ3) is 3.23. The van der Waals surface area contributed by atoms with E-state index in [4.69, 9.17) is 0 Å². The summed E-state index contributed by atoms with van der Waals surface area (Å²) in [6.45, 7) is 1.64. The molecule has 1 rings (SSSR count). The van der Waals surface area contributed by atoms with Crippen molar-refractivity contribution in [2.24, 2.45) is 0 Å². The maximum Gasteiger partial charge on any atom is 0.329 e. The Morgan fingerprint density at radius 2 is 2.31 bits per heavy atom. The summed E-state index contributed by atoms with van der Waals surface area (Å²) in [6.07, 6.45) is 1.27. The Labute approximate surface area is 91.8 Å². The Kier molecular flexibility index (Phi) is 4.26. The molecule has 0 spiro atoms. The molecule has 85 valence electrons. The quantitative estimate of drug-likeness (QED) is 0.718. The van der Waals surface area contributed by atoms with Crippen LogP contribution >= 0.6 is 0 Å². The molecule has 0 atom stereocenters. The molecule has 1 heterocycles. The Morgan fingerprint density at radius 1 is 1.56 bits per heavy atom. The number of carbonyl (C=O) groups excluding carboxylic acids is 2. The highest BCUT2D eigenvalue weighted by atomic mass is 16.5. The summed E-state index contributed by atoms with van der Waals surface area (Å²) in [5.41, 5.74) is -0.510. The lowest BCUT2D eigenvalue weighted by molar-refractivity contribution is -0.141. The predicted molar refractivity (Wildman–Crippen MR) is 55.0 cm³/mol. The largest absolute Gasteiger partial charge is 0.465 e. The summed E-state index contributed by atoms with van der Waals surface area (Å²) in [7, 11) is 0. The van der Waals surface area contributed by atoms with Crippen LogP contribution in [0, 0.1) is 6.07 Å². The number of ether oxygens (including phenoxy) is 1. The van der Waals surface area contributed by atoms with Crippen LogP contribution in [0.2, 0.25) is 0 Å². The minimum absolute atomic E-state index is 0.245. The summed E-state index contributed by atoms with van der Waals surface area (Å²) in [4.78, 5) is 33.5. The second-order valence-corrected chi connectivity index (χ2v) is 2.80. The number of rotatable bonds is 3. The first kappa shape index (κ1) is 12.0. The van der Waals surface area contributed by atoms with Crippen LogP contribution in [0.15, 0.2) is 23.1 Å². The molecule has 0 fully saturated rings. The van der Waals surface area contributed by atoms with Crippen molar-refractivity contribution in [3.05, 3.63) is 34.7 Å². The lowest BCUT2D eigenvalue weighted by Gasteiger charge is -2.05. The zero-order valence-electron chi connectivity index (χ0n) is 8.73. The van der Waals surface area contributed by atoms with Gasteiger partial charge in [0.05, 0.1) is 6.61 Å². The van der Waals surface area contributed by atoms with Gasteiger partial charge >= 0.3 is 12.0 Å². The molecule has 16 heavy (non-hydrogen) atoms. The summed E-state index contributed by atoms with van der Waals surface area (Å²) in [6, 6.07) is 4.41. The topological polar surface area (TPSA) is 77.4 Å². The Hall–Kier alpha value is -2.11. The molecular weight excluding hydrogens is 212 g/mol. The number of aromatic nitrogens is 1. The van der Waals surface area contributed by atoms with E-state index in [1.807, 2.05) is 0 Å². The van der Waals surface area contributed by atoms with Crippen molar-refractivity contribution in [2.75, 3.05) is 13.2 Å². The van der Waals surface area contributed by atoms with E-state index in [-0.39, 0.29) is 13.2 Å². The first-order valence-electron chi connectivity index (χ1n) is 4.67. The van der Waals surface area contributed by atoms with Gasteiger partial charge in [-0.15, -0.1) is 0 Å². The maximum atomic E-state index is 11.4. The standard InChI is InChI=1S/C10H11N2O4/c1-2-16-9(14)7-11-10(15)12-6-4-3-5-8(12)13/h4-6H,2,7H2,1H3,(H,11,15). The highest BCUT2D eigenvalue weighted by Crippen LogP contribution is 1.82. The van der Waals surface area contributed by atoms with Crippen LogP contribution in [0.4, 0.5) is 4.79 Å². The van der Waals surface area contributed by atoms with Crippen LogP contribution in [0.5, 0.6) is 0 Å². The van der Waals surface area contributed by atoms with Crippen LogP contribution in [0.1, 0.15) is 6.92 Å². The number of nitrogens with one attached hydrogen (secondary N) is 1. The number of carbonyl (C=O) groups is 2. The van der Waals surface area contributed by atoms with E-state index in [0.717, 1.165) is 10.6 Å². The number of esters is 1. The fourth-order valence-corrected chi connectivity index (χ4v) is 0.993. The van der Waals surface area contributed by atoms with E-state index in [9.17, 15) is 14.4 Å². The first-order chi connectivity index (χ1) is 7.65. The molecule has 0 aliphatic heterocycles. The van der Waals surface area contributed by atoms with Crippen molar-refractivity contribution in [3.8, 4) is 0 Å². The molecule has 1 amide bonds. The molecule has 0 bridgehead atoms. The summed E-state index contributed by atoms with van der Waals surface area (Å²) in [5, 5.41) is 2.26. The van der Waals surface area contributed by atoms with Gasteiger partial charge in [-0.05, 0) is 19.1 Å². The Bertz CT molecular complexity index is 438. The van der Waals surface area contributed by atoms with Crippen LogP contribution < -0.4 is 10.9 Å². The Morgan fingerprint density at radius 3 is 2.94 bits per heavy atom. The predicted octanol–water partition coefficient (Wildman–Crippen LogP) is -0.231. The van der Waals surface area contributed by atoms with Gasteiger partial charge in [0.1, 0.15) is 6.54 Å². The van der Waals surface area contributed by atoms with E-state index in [1.54, 1.807) is 6.92 Å². The van der Waals surface area contributed by atoms with Crippen molar-refractivity contribution < 1.29 is 14.3 Å². The van der Waals surface area contributed by atoms with Gasteiger partial charge < -0.3 is 10.1 Å². The van der Waals surface area contributed by atoms with Gasteiger partial charge in [-0.1, -0.05) is 0 Å². The zero-order chi connectivity index (χ0) is 12.0. The molecule has 6 heteroatoms. The van der Waals surface area contributed by atoms with Crippen molar-refractivity contribution in [3.63, 3.8) is 0 Å². The normalized spacial score (nSPS) is 9.56. The van der Waals surface area contributed by atoms with Gasteiger partial charge in [0.15, 0.2) is 0 Å². The van der Waals surface area contributed by atoms with Crippen molar-refractivity contribution >= 4 is 12.0 Å². The molecule has 0 unspecified atom stereocenters. The molecule has 0 aromatic carbocycles. The molecule has 0 saturated carbocycles. The van der Waals surface area contributed by atoms with Gasteiger partial charge in [0.25, 0.3) is 5.56 Å². The number of hydrogen-bond donors (Lipinski definition) is 1. The fraction of sp³-hybridized carbons (Fsp3) is 0.300. The zero-order valence-corrected chi connectivity index (χ0v) is 8.73. The fourth-order valence-electron chi connectivity index (χ4n) is 0.993.